The van der Waals surface area contributed by atoms with Crippen molar-refractivity contribution in [1.29, 1.82) is 0 Å². The van der Waals surface area contributed by atoms with Gasteiger partial charge in [-0.25, -0.2) is 4.79 Å². The Kier molecular flexibility index (Phi) is 4.96. The van der Waals surface area contributed by atoms with E-state index in [4.69, 9.17) is 4.74 Å². The quantitative estimate of drug-likeness (QED) is 0.740. The summed E-state index contributed by atoms with van der Waals surface area (Å²) in [6, 6.07) is 21.5. The highest BCUT2D eigenvalue weighted by molar-refractivity contribution is 5.93. The zero-order valence-electron chi connectivity index (χ0n) is 13.6. The Labute approximate surface area is 141 Å². The number of rotatable bonds is 5. The highest BCUT2D eigenvalue weighted by Gasteiger charge is 2.04. The van der Waals surface area contributed by atoms with E-state index in [1.54, 1.807) is 7.11 Å². The molecule has 0 aliphatic heterocycles. The van der Waals surface area contributed by atoms with Gasteiger partial charge in [-0.1, -0.05) is 48.5 Å². The van der Waals surface area contributed by atoms with Gasteiger partial charge in [-0.15, -0.1) is 0 Å². The molecule has 4 heteroatoms. The zero-order valence-corrected chi connectivity index (χ0v) is 13.6. The second-order valence-electron chi connectivity index (χ2n) is 5.50. The highest BCUT2D eigenvalue weighted by Crippen LogP contribution is 2.19. The van der Waals surface area contributed by atoms with E-state index in [2.05, 4.69) is 10.6 Å². The summed E-state index contributed by atoms with van der Waals surface area (Å²) in [5.41, 5.74) is 1.86. The van der Waals surface area contributed by atoms with E-state index in [0.717, 1.165) is 34.2 Å². The van der Waals surface area contributed by atoms with Crippen LogP contribution in [0.5, 0.6) is 5.75 Å². The molecule has 0 aliphatic rings. The SMILES string of the molecule is COc1ccccc1CCNC(=O)Nc1ccc2ccccc2c1. The molecule has 0 aromatic heterocycles. The monoisotopic (exact) mass is 320 g/mol. The maximum Gasteiger partial charge on any atom is 0.319 e. The van der Waals surface area contributed by atoms with Gasteiger partial charge in [0.2, 0.25) is 0 Å². The molecule has 0 atom stereocenters. The molecule has 4 nitrogen and oxygen atoms in total. The Morgan fingerprint density at radius 1 is 0.958 bits per heavy atom. The number of urea groups is 1. The topological polar surface area (TPSA) is 50.4 Å². The van der Waals surface area contributed by atoms with Crippen LogP contribution in [0.15, 0.2) is 66.7 Å². The molecule has 0 heterocycles. The molecule has 0 spiro atoms. The Morgan fingerprint density at radius 2 is 1.71 bits per heavy atom. The number of para-hydroxylation sites is 1. The van der Waals surface area contributed by atoms with E-state index in [9.17, 15) is 4.79 Å². The third kappa shape index (κ3) is 3.84. The lowest BCUT2D eigenvalue weighted by molar-refractivity contribution is 0.252. The van der Waals surface area contributed by atoms with Crippen LogP contribution in [0.3, 0.4) is 0 Å². The molecule has 24 heavy (non-hydrogen) atoms. The summed E-state index contributed by atoms with van der Waals surface area (Å²) < 4.78 is 5.31. The lowest BCUT2D eigenvalue weighted by Crippen LogP contribution is -2.30. The molecule has 0 saturated heterocycles. The van der Waals surface area contributed by atoms with Gasteiger partial charge in [-0.3, -0.25) is 0 Å². The minimum atomic E-state index is -0.208. The molecule has 0 aliphatic carbocycles. The molecule has 0 unspecified atom stereocenters. The molecule has 2 amide bonds. The van der Waals surface area contributed by atoms with Gasteiger partial charge in [0.25, 0.3) is 0 Å². The molecule has 0 radical (unpaired) electrons. The fraction of sp³-hybridized carbons (Fsp3) is 0.150. The number of anilines is 1. The van der Waals surface area contributed by atoms with E-state index in [0.29, 0.717) is 6.54 Å². The van der Waals surface area contributed by atoms with Crippen LogP contribution in [0.25, 0.3) is 10.8 Å². The standard InChI is InChI=1S/C20H20N2O2/c1-24-19-9-5-4-7-16(19)12-13-21-20(23)22-18-11-10-15-6-2-3-8-17(15)14-18/h2-11,14H,12-13H2,1H3,(H2,21,22,23). The van der Waals surface area contributed by atoms with Crippen LogP contribution in [0, 0.1) is 0 Å². The first-order valence-corrected chi connectivity index (χ1v) is 7.92. The van der Waals surface area contributed by atoms with E-state index >= 15 is 0 Å². The summed E-state index contributed by atoms with van der Waals surface area (Å²) in [4.78, 5) is 12.0. The fourth-order valence-electron chi connectivity index (χ4n) is 2.66. The number of carbonyl (C=O) groups excluding carboxylic acids is 1. The average Bonchev–Trinajstić information content (AvgIpc) is 2.62. The number of benzene rings is 3. The van der Waals surface area contributed by atoms with Crippen molar-refractivity contribution in [3.63, 3.8) is 0 Å². The van der Waals surface area contributed by atoms with Crippen LogP contribution in [-0.2, 0) is 6.42 Å². The van der Waals surface area contributed by atoms with E-state index < -0.39 is 0 Å². The maximum atomic E-state index is 12.0. The lowest BCUT2D eigenvalue weighted by atomic mass is 10.1. The normalized spacial score (nSPS) is 10.4. The predicted octanol–water partition coefficient (Wildman–Crippen LogP) is 4.21. The van der Waals surface area contributed by atoms with Crippen molar-refractivity contribution in [1.82, 2.24) is 5.32 Å². The van der Waals surface area contributed by atoms with Crippen LogP contribution in [0.2, 0.25) is 0 Å². The summed E-state index contributed by atoms with van der Waals surface area (Å²) in [6.07, 6.45) is 0.717. The van der Waals surface area contributed by atoms with Gasteiger partial charge < -0.3 is 15.4 Å². The van der Waals surface area contributed by atoms with Crippen LogP contribution >= 0.6 is 0 Å². The Bertz CT molecular complexity index is 846. The molecule has 3 rings (SSSR count). The number of amides is 2. The largest absolute Gasteiger partial charge is 0.496 e. The molecular weight excluding hydrogens is 300 g/mol. The summed E-state index contributed by atoms with van der Waals surface area (Å²) in [7, 11) is 1.65. The lowest BCUT2D eigenvalue weighted by Gasteiger charge is -2.10. The first-order valence-electron chi connectivity index (χ1n) is 7.92. The van der Waals surface area contributed by atoms with Crippen molar-refractivity contribution in [2.24, 2.45) is 0 Å². The Hall–Kier alpha value is -3.01. The van der Waals surface area contributed by atoms with Crippen LogP contribution in [0.4, 0.5) is 10.5 Å². The number of hydrogen-bond donors (Lipinski definition) is 2. The van der Waals surface area contributed by atoms with Gasteiger partial charge in [0.1, 0.15) is 5.75 Å². The molecule has 3 aromatic rings. The molecule has 3 aromatic carbocycles. The number of methoxy groups -OCH3 is 1. The van der Waals surface area contributed by atoms with Gasteiger partial charge in [0, 0.05) is 12.2 Å². The van der Waals surface area contributed by atoms with Crippen molar-refractivity contribution >= 4 is 22.5 Å². The molecule has 0 saturated carbocycles. The molecule has 122 valence electrons. The van der Waals surface area contributed by atoms with Crippen molar-refractivity contribution in [3.8, 4) is 5.75 Å². The molecular formula is C20H20N2O2. The number of carbonyl (C=O) groups is 1. The van der Waals surface area contributed by atoms with E-state index in [1.165, 1.54) is 0 Å². The average molecular weight is 320 g/mol. The van der Waals surface area contributed by atoms with Crippen LogP contribution in [-0.4, -0.2) is 19.7 Å². The summed E-state index contributed by atoms with van der Waals surface area (Å²) in [6.45, 7) is 0.541. The number of ether oxygens (including phenoxy) is 1. The first-order chi connectivity index (χ1) is 11.8. The van der Waals surface area contributed by atoms with Crippen molar-refractivity contribution in [2.75, 3.05) is 19.0 Å². The minimum Gasteiger partial charge on any atom is -0.496 e. The van der Waals surface area contributed by atoms with Gasteiger partial charge in [0.15, 0.2) is 0 Å². The van der Waals surface area contributed by atoms with Gasteiger partial charge in [-0.05, 0) is 41.0 Å². The smallest absolute Gasteiger partial charge is 0.319 e. The minimum absolute atomic E-state index is 0.208. The zero-order chi connectivity index (χ0) is 16.8. The maximum absolute atomic E-state index is 12.0. The highest BCUT2D eigenvalue weighted by atomic mass is 16.5. The summed E-state index contributed by atoms with van der Waals surface area (Å²) >= 11 is 0. The molecule has 0 bridgehead atoms. The van der Waals surface area contributed by atoms with E-state index in [-0.39, 0.29) is 6.03 Å². The van der Waals surface area contributed by atoms with Crippen molar-refractivity contribution in [2.45, 2.75) is 6.42 Å². The summed E-state index contributed by atoms with van der Waals surface area (Å²) in [5.74, 6) is 0.842. The number of nitrogens with one attached hydrogen (secondary N) is 2. The third-order valence-electron chi connectivity index (χ3n) is 3.88. The Balaban J connectivity index is 1.55. The molecule has 2 N–H and O–H groups in total. The summed E-state index contributed by atoms with van der Waals surface area (Å²) in [5, 5.41) is 7.99. The first kappa shape index (κ1) is 15.9. The van der Waals surface area contributed by atoms with Crippen molar-refractivity contribution in [3.05, 3.63) is 72.3 Å². The van der Waals surface area contributed by atoms with Crippen LogP contribution < -0.4 is 15.4 Å². The van der Waals surface area contributed by atoms with Crippen molar-refractivity contribution < 1.29 is 9.53 Å². The van der Waals surface area contributed by atoms with E-state index in [1.807, 2.05) is 66.7 Å². The second kappa shape index (κ2) is 7.51. The van der Waals surface area contributed by atoms with Gasteiger partial charge >= 0.3 is 6.03 Å². The number of hydrogen-bond acceptors (Lipinski definition) is 2. The third-order valence-corrected chi connectivity index (χ3v) is 3.88. The fourth-order valence-corrected chi connectivity index (χ4v) is 2.66. The predicted molar refractivity (Wildman–Crippen MR) is 97.7 cm³/mol. The van der Waals surface area contributed by atoms with Gasteiger partial charge in [0.05, 0.1) is 7.11 Å². The number of fused-ring (bicyclic) bond motifs is 1. The van der Waals surface area contributed by atoms with Crippen LogP contribution in [0.1, 0.15) is 5.56 Å². The van der Waals surface area contributed by atoms with Gasteiger partial charge in [-0.2, -0.15) is 0 Å². The molecule has 0 fully saturated rings. The second-order valence-corrected chi connectivity index (χ2v) is 5.50. The Morgan fingerprint density at radius 3 is 2.54 bits per heavy atom.